The number of benzene rings is 1. The van der Waals surface area contributed by atoms with E-state index < -0.39 is 0 Å². The summed E-state index contributed by atoms with van der Waals surface area (Å²) in [6, 6.07) is 8.21. The van der Waals surface area contributed by atoms with E-state index in [2.05, 4.69) is 27.4 Å². The van der Waals surface area contributed by atoms with Gasteiger partial charge in [-0.2, -0.15) is 0 Å². The van der Waals surface area contributed by atoms with Crippen molar-refractivity contribution in [1.29, 1.82) is 0 Å². The molecule has 4 N–H and O–H groups in total. The van der Waals surface area contributed by atoms with Crippen molar-refractivity contribution in [2.45, 2.75) is 77.8 Å². The average molecular weight is 519 g/mol. The fourth-order valence-corrected chi connectivity index (χ4v) is 7.16. The van der Waals surface area contributed by atoms with Crippen molar-refractivity contribution in [2.24, 2.45) is 17.8 Å². The Morgan fingerprint density at radius 1 is 0.974 bits per heavy atom. The SMILES string of the molecule is CCCn1c(=O)c2[nH]c(C3CC4CCC(C3)C4C[NH2+]CCc3nc4ccccc4[nH]3)nc2n(CCC)c1=O. The number of para-hydroxylation sites is 2. The van der Waals surface area contributed by atoms with Gasteiger partial charge in [0.25, 0.3) is 5.56 Å². The van der Waals surface area contributed by atoms with Crippen molar-refractivity contribution in [3.8, 4) is 0 Å². The summed E-state index contributed by atoms with van der Waals surface area (Å²) >= 11 is 0. The van der Waals surface area contributed by atoms with E-state index in [-0.39, 0.29) is 11.2 Å². The number of nitrogens with two attached hydrogens (primary N) is 1. The van der Waals surface area contributed by atoms with Crippen LogP contribution in [0, 0.1) is 17.8 Å². The van der Waals surface area contributed by atoms with Crippen LogP contribution in [0.4, 0.5) is 0 Å². The number of nitrogens with one attached hydrogen (secondary N) is 2. The van der Waals surface area contributed by atoms with Gasteiger partial charge in [0.15, 0.2) is 5.65 Å². The molecular formula is C29H40N7O2+. The standard InChI is InChI=1S/C29H39N7O2/c1-3-13-35-27-25(28(37)36(14-4-2)29(35)38)33-26(34-27)20-15-18-9-10-19(16-20)21(18)17-30-12-11-24-31-22-7-5-6-8-23(22)32-24/h5-8,18-21,30H,3-4,9-17H2,1-2H3,(H,31,32)(H,33,34)/p+1. The first-order valence-corrected chi connectivity index (χ1v) is 14.6. The zero-order valence-electron chi connectivity index (χ0n) is 22.6. The van der Waals surface area contributed by atoms with Gasteiger partial charge in [0, 0.05) is 24.9 Å². The van der Waals surface area contributed by atoms with E-state index in [0.717, 1.165) is 67.2 Å². The molecule has 2 atom stereocenters. The van der Waals surface area contributed by atoms with Crippen LogP contribution in [0.5, 0.6) is 0 Å². The Morgan fingerprint density at radius 2 is 1.71 bits per heavy atom. The number of nitrogens with zero attached hydrogens (tertiary/aromatic N) is 4. The summed E-state index contributed by atoms with van der Waals surface area (Å²) in [5.41, 5.74) is 2.73. The average Bonchev–Trinajstić information content (AvgIpc) is 3.60. The number of aromatic nitrogens is 6. The van der Waals surface area contributed by atoms with Gasteiger partial charge in [-0.15, -0.1) is 0 Å². The molecule has 6 rings (SSSR count). The third-order valence-corrected chi connectivity index (χ3v) is 8.92. The van der Waals surface area contributed by atoms with Crippen LogP contribution in [0.3, 0.4) is 0 Å². The minimum atomic E-state index is -0.230. The van der Waals surface area contributed by atoms with E-state index in [9.17, 15) is 9.59 Å². The summed E-state index contributed by atoms with van der Waals surface area (Å²) in [5, 5.41) is 2.48. The van der Waals surface area contributed by atoms with Crippen LogP contribution in [0.25, 0.3) is 22.2 Å². The molecule has 2 aliphatic carbocycles. The van der Waals surface area contributed by atoms with Gasteiger partial charge in [0.05, 0.1) is 30.5 Å². The summed E-state index contributed by atoms with van der Waals surface area (Å²) in [6.45, 7) is 7.26. The van der Waals surface area contributed by atoms with Crippen LogP contribution in [0.2, 0.25) is 0 Å². The zero-order chi connectivity index (χ0) is 26.2. The van der Waals surface area contributed by atoms with Gasteiger partial charge in [-0.05, 0) is 62.5 Å². The van der Waals surface area contributed by atoms with Crippen LogP contribution in [-0.2, 0) is 19.5 Å². The van der Waals surface area contributed by atoms with Gasteiger partial charge in [-0.25, -0.2) is 14.8 Å². The van der Waals surface area contributed by atoms with Crippen molar-refractivity contribution in [3.63, 3.8) is 0 Å². The Labute approximate surface area is 222 Å². The molecule has 2 fully saturated rings. The number of aryl methyl sites for hydroxylation is 1. The normalized spacial score (nSPS) is 23.1. The third-order valence-electron chi connectivity index (χ3n) is 8.92. The maximum atomic E-state index is 13.2. The van der Waals surface area contributed by atoms with E-state index in [1.807, 2.05) is 26.0 Å². The molecular weight excluding hydrogens is 478 g/mol. The van der Waals surface area contributed by atoms with Crippen molar-refractivity contribution in [3.05, 3.63) is 56.8 Å². The molecule has 0 saturated heterocycles. The molecule has 9 nitrogen and oxygen atoms in total. The first-order chi connectivity index (χ1) is 18.6. The number of H-pyrrole nitrogens is 2. The molecule has 2 unspecified atom stereocenters. The summed E-state index contributed by atoms with van der Waals surface area (Å²) in [4.78, 5) is 42.7. The summed E-state index contributed by atoms with van der Waals surface area (Å²) in [6.07, 6.45) is 7.31. The molecule has 9 heteroatoms. The number of fused-ring (bicyclic) bond motifs is 4. The Morgan fingerprint density at radius 3 is 2.45 bits per heavy atom. The van der Waals surface area contributed by atoms with Crippen molar-refractivity contribution < 1.29 is 5.32 Å². The minimum absolute atomic E-state index is 0.228. The maximum absolute atomic E-state index is 13.2. The molecule has 4 aromatic rings. The molecule has 3 aromatic heterocycles. The van der Waals surface area contributed by atoms with Gasteiger partial charge in [-0.1, -0.05) is 26.0 Å². The zero-order valence-corrected chi connectivity index (χ0v) is 22.6. The molecule has 202 valence electrons. The van der Waals surface area contributed by atoms with E-state index in [0.29, 0.717) is 42.0 Å². The van der Waals surface area contributed by atoms with E-state index in [1.54, 1.807) is 4.57 Å². The molecule has 2 saturated carbocycles. The predicted octanol–water partition coefficient (Wildman–Crippen LogP) is 2.91. The van der Waals surface area contributed by atoms with Crippen molar-refractivity contribution in [2.75, 3.05) is 13.1 Å². The Kier molecular flexibility index (Phi) is 6.95. The third kappa shape index (κ3) is 4.51. The van der Waals surface area contributed by atoms with Crippen LogP contribution < -0.4 is 16.6 Å². The number of hydrogen-bond donors (Lipinski definition) is 3. The van der Waals surface area contributed by atoms with Crippen LogP contribution in [0.1, 0.15) is 69.9 Å². The molecule has 0 radical (unpaired) electrons. The first kappa shape index (κ1) is 25.1. The predicted molar refractivity (Wildman–Crippen MR) is 148 cm³/mol. The molecule has 2 aliphatic rings. The van der Waals surface area contributed by atoms with Gasteiger partial charge < -0.3 is 15.3 Å². The lowest BCUT2D eigenvalue weighted by molar-refractivity contribution is -0.662. The van der Waals surface area contributed by atoms with Gasteiger partial charge in [0.1, 0.15) is 17.2 Å². The maximum Gasteiger partial charge on any atom is 0.332 e. The Balaban J connectivity index is 1.13. The number of hydrogen-bond acceptors (Lipinski definition) is 4. The lowest BCUT2D eigenvalue weighted by atomic mass is 9.73. The number of quaternary nitrogens is 1. The Bertz CT molecular complexity index is 1500. The van der Waals surface area contributed by atoms with Crippen LogP contribution in [0.15, 0.2) is 33.9 Å². The van der Waals surface area contributed by atoms with E-state index in [4.69, 9.17) is 9.97 Å². The monoisotopic (exact) mass is 518 g/mol. The molecule has 0 spiro atoms. The number of imidazole rings is 2. The highest BCUT2D eigenvalue weighted by molar-refractivity contribution is 5.74. The molecule has 0 amide bonds. The van der Waals surface area contributed by atoms with Gasteiger partial charge in [0.2, 0.25) is 0 Å². The lowest BCUT2D eigenvalue weighted by Gasteiger charge is -2.33. The molecule has 0 aliphatic heterocycles. The summed E-state index contributed by atoms with van der Waals surface area (Å²) in [7, 11) is 0. The lowest BCUT2D eigenvalue weighted by Crippen LogP contribution is -2.86. The fraction of sp³-hybridized carbons (Fsp3) is 0.586. The molecule has 3 heterocycles. The second-order valence-electron chi connectivity index (χ2n) is 11.4. The largest absolute Gasteiger partial charge is 0.346 e. The summed E-state index contributed by atoms with van der Waals surface area (Å²) in [5.74, 6) is 4.44. The highest BCUT2D eigenvalue weighted by Gasteiger charge is 2.44. The minimum Gasteiger partial charge on any atom is -0.346 e. The van der Waals surface area contributed by atoms with Crippen LogP contribution in [-0.4, -0.2) is 42.2 Å². The van der Waals surface area contributed by atoms with Crippen molar-refractivity contribution >= 4 is 22.2 Å². The van der Waals surface area contributed by atoms with Crippen LogP contribution >= 0.6 is 0 Å². The molecule has 1 aromatic carbocycles. The number of aromatic amines is 2. The van der Waals surface area contributed by atoms with Crippen molar-refractivity contribution in [1.82, 2.24) is 29.1 Å². The number of rotatable bonds is 10. The second-order valence-corrected chi connectivity index (χ2v) is 11.4. The summed E-state index contributed by atoms with van der Waals surface area (Å²) < 4.78 is 3.07. The van der Waals surface area contributed by atoms with Gasteiger partial charge in [-0.3, -0.25) is 13.9 Å². The fourth-order valence-electron chi connectivity index (χ4n) is 7.16. The topological polar surface area (TPSA) is 118 Å². The Hall–Kier alpha value is -3.20. The first-order valence-electron chi connectivity index (χ1n) is 14.6. The highest BCUT2D eigenvalue weighted by atomic mass is 16.2. The van der Waals surface area contributed by atoms with Gasteiger partial charge >= 0.3 is 5.69 Å². The second kappa shape index (κ2) is 10.5. The van der Waals surface area contributed by atoms with E-state index >= 15 is 0 Å². The highest BCUT2D eigenvalue weighted by Crippen LogP contribution is 2.51. The smallest absolute Gasteiger partial charge is 0.332 e. The van der Waals surface area contributed by atoms with E-state index in [1.165, 1.54) is 24.0 Å². The molecule has 2 bridgehead atoms. The molecule has 38 heavy (non-hydrogen) atoms. The quantitative estimate of drug-likeness (QED) is 0.280.